The summed E-state index contributed by atoms with van der Waals surface area (Å²) in [6.45, 7) is 4.98. The van der Waals surface area contributed by atoms with Crippen LogP contribution in [0.15, 0.2) is 24.3 Å². The van der Waals surface area contributed by atoms with Crippen LogP contribution in [0.1, 0.15) is 18.9 Å². The molecule has 0 saturated carbocycles. The lowest BCUT2D eigenvalue weighted by Crippen LogP contribution is -2.29. The number of nitrogens with two attached hydrogens (primary N) is 1. The van der Waals surface area contributed by atoms with E-state index in [-0.39, 0.29) is 5.84 Å². The number of amidine groups is 1. The molecule has 0 unspecified atom stereocenters. The van der Waals surface area contributed by atoms with Gasteiger partial charge in [0.05, 0.1) is 12.9 Å². The maximum Gasteiger partial charge on any atom is 0.118 e. The molecule has 1 aromatic carbocycles. The summed E-state index contributed by atoms with van der Waals surface area (Å²) in [4.78, 5) is 2.31. The van der Waals surface area contributed by atoms with Crippen molar-refractivity contribution in [3.63, 3.8) is 0 Å². The SMILES string of the molecule is CCN(CCC(=N)N)CCc1ccc(OC)cc1. The van der Waals surface area contributed by atoms with Crippen LogP contribution < -0.4 is 10.5 Å². The van der Waals surface area contributed by atoms with Crippen molar-refractivity contribution in [2.75, 3.05) is 26.7 Å². The van der Waals surface area contributed by atoms with Gasteiger partial charge in [-0.25, -0.2) is 0 Å². The van der Waals surface area contributed by atoms with Crippen LogP contribution in [-0.4, -0.2) is 37.5 Å². The second-order valence-electron chi connectivity index (χ2n) is 4.31. The number of methoxy groups -OCH3 is 1. The van der Waals surface area contributed by atoms with E-state index in [9.17, 15) is 0 Å². The van der Waals surface area contributed by atoms with E-state index >= 15 is 0 Å². The minimum absolute atomic E-state index is 0.262. The van der Waals surface area contributed by atoms with Gasteiger partial charge in [-0.3, -0.25) is 5.41 Å². The summed E-state index contributed by atoms with van der Waals surface area (Å²) in [5.41, 5.74) is 6.68. The largest absolute Gasteiger partial charge is 0.497 e. The first-order valence-corrected chi connectivity index (χ1v) is 6.34. The second-order valence-corrected chi connectivity index (χ2v) is 4.31. The molecule has 0 aliphatic carbocycles. The molecule has 0 aromatic heterocycles. The molecule has 0 spiro atoms. The van der Waals surface area contributed by atoms with Crippen LogP contribution in [-0.2, 0) is 6.42 Å². The van der Waals surface area contributed by atoms with E-state index in [2.05, 4.69) is 24.0 Å². The maximum absolute atomic E-state index is 7.24. The third kappa shape index (κ3) is 5.19. The van der Waals surface area contributed by atoms with Gasteiger partial charge in [0.15, 0.2) is 0 Å². The van der Waals surface area contributed by atoms with Gasteiger partial charge in [0.2, 0.25) is 0 Å². The number of nitrogens with one attached hydrogen (secondary N) is 1. The smallest absolute Gasteiger partial charge is 0.118 e. The van der Waals surface area contributed by atoms with Crippen molar-refractivity contribution in [2.45, 2.75) is 19.8 Å². The first-order chi connectivity index (χ1) is 8.65. The van der Waals surface area contributed by atoms with Gasteiger partial charge < -0.3 is 15.4 Å². The maximum atomic E-state index is 7.24. The number of ether oxygens (including phenoxy) is 1. The van der Waals surface area contributed by atoms with Crippen molar-refractivity contribution in [3.8, 4) is 5.75 Å². The van der Waals surface area contributed by atoms with E-state index in [1.54, 1.807) is 7.11 Å². The lowest BCUT2D eigenvalue weighted by Gasteiger charge is -2.19. The quantitative estimate of drug-likeness (QED) is 0.546. The molecule has 0 heterocycles. The average Bonchev–Trinajstić information content (AvgIpc) is 2.39. The second kappa shape index (κ2) is 7.71. The fraction of sp³-hybridized carbons (Fsp3) is 0.500. The van der Waals surface area contributed by atoms with Gasteiger partial charge in [0.25, 0.3) is 0 Å². The van der Waals surface area contributed by atoms with Crippen molar-refractivity contribution in [1.82, 2.24) is 4.90 Å². The summed E-state index contributed by atoms with van der Waals surface area (Å²) >= 11 is 0. The molecule has 0 aliphatic heterocycles. The molecule has 100 valence electrons. The fourth-order valence-electron chi connectivity index (χ4n) is 1.79. The predicted molar refractivity (Wildman–Crippen MR) is 75.3 cm³/mol. The molecule has 4 nitrogen and oxygen atoms in total. The molecule has 3 N–H and O–H groups in total. The lowest BCUT2D eigenvalue weighted by molar-refractivity contribution is 0.300. The van der Waals surface area contributed by atoms with Crippen molar-refractivity contribution in [1.29, 1.82) is 5.41 Å². The summed E-state index contributed by atoms with van der Waals surface area (Å²) in [6.07, 6.45) is 1.66. The number of hydrogen-bond donors (Lipinski definition) is 2. The summed E-state index contributed by atoms with van der Waals surface area (Å²) in [7, 11) is 1.68. The molecule has 1 aromatic rings. The molecule has 1 rings (SSSR count). The molecular weight excluding hydrogens is 226 g/mol. The van der Waals surface area contributed by atoms with Crippen LogP contribution in [0, 0.1) is 5.41 Å². The molecule has 4 heteroatoms. The van der Waals surface area contributed by atoms with Crippen LogP contribution in [0.3, 0.4) is 0 Å². The van der Waals surface area contributed by atoms with Crippen molar-refractivity contribution in [2.24, 2.45) is 5.73 Å². The van der Waals surface area contributed by atoms with Gasteiger partial charge in [0.1, 0.15) is 5.75 Å². The minimum Gasteiger partial charge on any atom is -0.497 e. The number of likely N-dealkylation sites (N-methyl/N-ethyl adjacent to an activating group) is 1. The molecule has 0 saturated heterocycles. The van der Waals surface area contributed by atoms with E-state index in [1.165, 1.54) is 5.56 Å². The fourth-order valence-corrected chi connectivity index (χ4v) is 1.79. The van der Waals surface area contributed by atoms with E-state index in [4.69, 9.17) is 15.9 Å². The van der Waals surface area contributed by atoms with Crippen LogP contribution in [0.4, 0.5) is 0 Å². The van der Waals surface area contributed by atoms with Crippen LogP contribution >= 0.6 is 0 Å². The zero-order valence-corrected chi connectivity index (χ0v) is 11.3. The highest BCUT2D eigenvalue weighted by Gasteiger charge is 2.03. The van der Waals surface area contributed by atoms with Crippen molar-refractivity contribution >= 4 is 5.84 Å². The lowest BCUT2D eigenvalue weighted by atomic mass is 10.1. The van der Waals surface area contributed by atoms with Gasteiger partial charge >= 0.3 is 0 Å². The topological polar surface area (TPSA) is 62.3 Å². The van der Waals surface area contributed by atoms with Gasteiger partial charge in [-0.05, 0) is 30.7 Å². The Hall–Kier alpha value is -1.55. The predicted octanol–water partition coefficient (Wildman–Crippen LogP) is 1.89. The number of rotatable bonds is 8. The minimum atomic E-state index is 0.262. The number of benzene rings is 1. The van der Waals surface area contributed by atoms with Gasteiger partial charge in [-0.15, -0.1) is 0 Å². The molecule has 0 amide bonds. The summed E-state index contributed by atoms with van der Waals surface area (Å²) in [6, 6.07) is 8.16. The highest BCUT2D eigenvalue weighted by atomic mass is 16.5. The Bertz CT molecular complexity index is 362. The Kier molecular flexibility index (Phi) is 6.22. The van der Waals surface area contributed by atoms with Gasteiger partial charge in [-0.2, -0.15) is 0 Å². The van der Waals surface area contributed by atoms with Crippen LogP contribution in [0.25, 0.3) is 0 Å². The molecule has 0 bridgehead atoms. The van der Waals surface area contributed by atoms with Gasteiger partial charge in [0, 0.05) is 19.5 Å². The standard InChI is InChI=1S/C14H23N3O/c1-3-17(11-9-14(15)16)10-8-12-4-6-13(18-2)7-5-12/h4-7H,3,8-11H2,1-2H3,(H3,15,16). The first kappa shape index (κ1) is 14.5. The Morgan fingerprint density at radius 3 is 2.44 bits per heavy atom. The normalized spacial score (nSPS) is 10.6. The van der Waals surface area contributed by atoms with E-state index < -0.39 is 0 Å². The monoisotopic (exact) mass is 249 g/mol. The van der Waals surface area contributed by atoms with Crippen LogP contribution in [0.5, 0.6) is 5.75 Å². The number of nitrogens with zero attached hydrogens (tertiary/aromatic N) is 1. The van der Waals surface area contributed by atoms with E-state index in [0.29, 0.717) is 6.42 Å². The van der Waals surface area contributed by atoms with E-state index in [0.717, 1.165) is 31.8 Å². The average molecular weight is 249 g/mol. The summed E-state index contributed by atoms with van der Waals surface area (Å²) in [5, 5.41) is 7.24. The van der Waals surface area contributed by atoms with Crippen molar-refractivity contribution in [3.05, 3.63) is 29.8 Å². The first-order valence-electron chi connectivity index (χ1n) is 6.34. The summed E-state index contributed by atoms with van der Waals surface area (Å²) in [5.74, 6) is 1.15. The summed E-state index contributed by atoms with van der Waals surface area (Å²) < 4.78 is 5.13. The Labute approximate surface area is 109 Å². The molecule has 0 radical (unpaired) electrons. The molecule has 0 fully saturated rings. The Morgan fingerprint density at radius 1 is 1.28 bits per heavy atom. The van der Waals surface area contributed by atoms with Crippen LogP contribution in [0.2, 0.25) is 0 Å². The van der Waals surface area contributed by atoms with Crippen molar-refractivity contribution < 1.29 is 4.74 Å². The van der Waals surface area contributed by atoms with E-state index in [1.807, 2.05) is 12.1 Å². The number of hydrogen-bond acceptors (Lipinski definition) is 3. The highest BCUT2D eigenvalue weighted by Crippen LogP contribution is 2.12. The highest BCUT2D eigenvalue weighted by molar-refractivity contribution is 5.76. The molecule has 18 heavy (non-hydrogen) atoms. The zero-order valence-electron chi connectivity index (χ0n) is 11.3. The Morgan fingerprint density at radius 2 is 1.94 bits per heavy atom. The third-order valence-electron chi connectivity index (χ3n) is 3.02. The molecule has 0 aliphatic rings. The van der Waals surface area contributed by atoms with Gasteiger partial charge in [-0.1, -0.05) is 19.1 Å². The Balaban J connectivity index is 2.38. The molecular formula is C14H23N3O. The zero-order chi connectivity index (χ0) is 13.4. The molecule has 0 atom stereocenters. The third-order valence-corrected chi connectivity index (χ3v) is 3.02.